The van der Waals surface area contributed by atoms with Gasteiger partial charge < -0.3 is 20.3 Å². The lowest BCUT2D eigenvalue weighted by Crippen LogP contribution is -2.47. The first kappa shape index (κ1) is 19.7. The topological polar surface area (TPSA) is 70.7 Å². The Morgan fingerprint density at radius 1 is 1.14 bits per heavy atom. The maximum absolute atomic E-state index is 12.9. The van der Waals surface area contributed by atoms with Gasteiger partial charge in [-0.3, -0.25) is 4.79 Å². The number of carbonyl (C=O) groups is 2. The molecule has 3 amide bonds. The van der Waals surface area contributed by atoms with E-state index in [1.165, 1.54) is 0 Å². The Morgan fingerprint density at radius 3 is 2.61 bits per heavy atom. The molecule has 28 heavy (non-hydrogen) atoms. The molecule has 0 radical (unpaired) electrons. The number of rotatable bonds is 6. The summed E-state index contributed by atoms with van der Waals surface area (Å²) in [5.41, 5.74) is 2.65. The van der Waals surface area contributed by atoms with Crippen LogP contribution in [0.3, 0.4) is 0 Å². The highest BCUT2D eigenvalue weighted by molar-refractivity contribution is 6.00. The molecule has 1 fully saturated rings. The van der Waals surface area contributed by atoms with Gasteiger partial charge in [0.1, 0.15) is 11.8 Å². The summed E-state index contributed by atoms with van der Waals surface area (Å²) in [6, 6.07) is 14.8. The molecule has 6 heteroatoms. The molecule has 3 rings (SSSR count). The van der Waals surface area contributed by atoms with Crippen molar-refractivity contribution in [1.82, 2.24) is 10.2 Å². The minimum atomic E-state index is -0.444. The minimum absolute atomic E-state index is 0.148. The number of anilines is 1. The molecule has 2 aromatic carbocycles. The smallest absolute Gasteiger partial charge is 0.318 e. The van der Waals surface area contributed by atoms with E-state index in [0.29, 0.717) is 19.5 Å². The zero-order chi connectivity index (χ0) is 19.9. The van der Waals surface area contributed by atoms with Crippen LogP contribution in [0.25, 0.3) is 11.1 Å². The van der Waals surface area contributed by atoms with Gasteiger partial charge in [0, 0.05) is 24.3 Å². The van der Waals surface area contributed by atoms with Crippen LogP contribution in [0.4, 0.5) is 10.5 Å². The zero-order valence-electron chi connectivity index (χ0n) is 16.4. The number of hydrogen-bond acceptors (Lipinski definition) is 3. The number of para-hydroxylation sites is 1. The number of methoxy groups -OCH3 is 1. The third-order valence-electron chi connectivity index (χ3n) is 4.93. The van der Waals surface area contributed by atoms with Crippen LogP contribution in [-0.4, -0.2) is 43.1 Å². The molecule has 1 aliphatic rings. The zero-order valence-corrected chi connectivity index (χ0v) is 16.4. The summed E-state index contributed by atoms with van der Waals surface area (Å²) in [5.74, 6) is 0.634. The second-order valence-electron chi connectivity index (χ2n) is 6.85. The number of amides is 3. The Balaban J connectivity index is 1.76. The largest absolute Gasteiger partial charge is 0.497 e. The van der Waals surface area contributed by atoms with E-state index >= 15 is 0 Å². The minimum Gasteiger partial charge on any atom is -0.497 e. The number of ether oxygens (including phenoxy) is 1. The predicted octanol–water partition coefficient (Wildman–Crippen LogP) is 3.88. The average Bonchev–Trinajstić information content (AvgIpc) is 3.23. The first-order chi connectivity index (χ1) is 13.6. The lowest BCUT2D eigenvalue weighted by molar-refractivity contribution is -0.119. The van der Waals surface area contributed by atoms with Gasteiger partial charge in [-0.2, -0.15) is 0 Å². The molecule has 2 N–H and O–H groups in total. The predicted molar refractivity (Wildman–Crippen MR) is 110 cm³/mol. The lowest BCUT2D eigenvalue weighted by Gasteiger charge is -2.24. The molecular weight excluding hydrogens is 354 g/mol. The molecule has 1 unspecified atom stereocenters. The number of nitrogens with zero attached hydrogens (tertiary/aromatic N) is 1. The lowest BCUT2D eigenvalue weighted by atomic mass is 10.0. The standard InChI is InChI=1S/C22H27N3O3/c1-3-14-23-22(27)25-15-6-9-20(25)21(26)24-19-8-5-4-7-18(19)16-10-12-17(28-2)13-11-16/h4-5,7-8,10-13,20H,3,6,9,14-15H2,1-2H3,(H,23,27)(H,24,26). The van der Waals surface area contributed by atoms with Crippen molar-refractivity contribution in [1.29, 1.82) is 0 Å². The highest BCUT2D eigenvalue weighted by Gasteiger charge is 2.34. The summed E-state index contributed by atoms with van der Waals surface area (Å²) >= 11 is 0. The van der Waals surface area contributed by atoms with Crippen molar-refractivity contribution in [2.75, 3.05) is 25.5 Å². The van der Waals surface area contributed by atoms with Crippen LogP contribution in [0.2, 0.25) is 0 Å². The summed E-state index contributed by atoms with van der Waals surface area (Å²) < 4.78 is 5.22. The van der Waals surface area contributed by atoms with E-state index < -0.39 is 6.04 Å². The molecule has 0 saturated carbocycles. The molecule has 1 saturated heterocycles. The Labute approximate surface area is 165 Å². The monoisotopic (exact) mass is 381 g/mol. The Bertz CT molecular complexity index is 820. The normalized spacial score (nSPS) is 15.9. The maximum atomic E-state index is 12.9. The van der Waals surface area contributed by atoms with Crippen molar-refractivity contribution < 1.29 is 14.3 Å². The summed E-state index contributed by atoms with van der Waals surface area (Å²) in [7, 11) is 1.63. The average molecular weight is 381 g/mol. The van der Waals surface area contributed by atoms with E-state index in [0.717, 1.165) is 35.4 Å². The molecule has 1 aliphatic heterocycles. The van der Waals surface area contributed by atoms with Crippen LogP contribution in [-0.2, 0) is 4.79 Å². The second-order valence-corrected chi connectivity index (χ2v) is 6.85. The molecule has 1 heterocycles. The highest BCUT2D eigenvalue weighted by Crippen LogP contribution is 2.30. The van der Waals surface area contributed by atoms with Crippen molar-refractivity contribution in [2.24, 2.45) is 0 Å². The Morgan fingerprint density at radius 2 is 1.89 bits per heavy atom. The van der Waals surface area contributed by atoms with Crippen molar-refractivity contribution in [2.45, 2.75) is 32.2 Å². The van der Waals surface area contributed by atoms with Gasteiger partial charge in [-0.15, -0.1) is 0 Å². The van der Waals surface area contributed by atoms with E-state index in [2.05, 4.69) is 10.6 Å². The number of nitrogens with one attached hydrogen (secondary N) is 2. The number of likely N-dealkylation sites (tertiary alicyclic amines) is 1. The van der Waals surface area contributed by atoms with Crippen molar-refractivity contribution in [3.63, 3.8) is 0 Å². The van der Waals surface area contributed by atoms with Crippen LogP contribution in [0, 0.1) is 0 Å². The number of benzene rings is 2. The van der Waals surface area contributed by atoms with Crippen LogP contribution in [0.1, 0.15) is 26.2 Å². The Kier molecular flexibility index (Phi) is 6.53. The first-order valence-corrected chi connectivity index (χ1v) is 9.72. The number of urea groups is 1. The maximum Gasteiger partial charge on any atom is 0.318 e. The second kappa shape index (κ2) is 9.26. The quantitative estimate of drug-likeness (QED) is 0.798. The summed E-state index contributed by atoms with van der Waals surface area (Å²) in [6.07, 6.45) is 2.37. The third kappa shape index (κ3) is 4.44. The molecule has 0 aliphatic carbocycles. The van der Waals surface area contributed by atoms with E-state index in [9.17, 15) is 9.59 Å². The number of carbonyl (C=O) groups excluding carboxylic acids is 2. The van der Waals surface area contributed by atoms with E-state index in [1.54, 1.807) is 12.0 Å². The van der Waals surface area contributed by atoms with Crippen molar-refractivity contribution in [3.8, 4) is 16.9 Å². The molecule has 2 aromatic rings. The first-order valence-electron chi connectivity index (χ1n) is 9.72. The summed E-state index contributed by atoms with van der Waals surface area (Å²) in [6.45, 7) is 3.22. The van der Waals surface area contributed by atoms with Crippen LogP contribution in [0.15, 0.2) is 48.5 Å². The van der Waals surface area contributed by atoms with Gasteiger partial charge in [0.25, 0.3) is 0 Å². The van der Waals surface area contributed by atoms with Crippen LogP contribution >= 0.6 is 0 Å². The van der Waals surface area contributed by atoms with Gasteiger partial charge in [-0.25, -0.2) is 4.79 Å². The van der Waals surface area contributed by atoms with Crippen LogP contribution < -0.4 is 15.4 Å². The fourth-order valence-electron chi connectivity index (χ4n) is 3.45. The molecule has 1 atom stereocenters. The molecule has 0 aromatic heterocycles. The van der Waals surface area contributed by atoms with Gasteiger partial charge in [0.2, 0.25) is 5.91 Å². The van der Waals surface area contributed by atoms with Crippen molar-refractivity contribution in [3.05, 3.63) is 48.5 Å². The molecule has 0 spiro atoms. The van der Waals surface area contributed by atoms with E-state index in [4.69, 9.17) is 4.74 Å². The highest BCUT2D eigenvalue weighted by atomic mass is 16.5. The van der Waals surface area contributed by atoms with E-state index in [1.807, 2.05) is 55.5 Å². The van der Waals surface area contributed by atoms with Crippen LogP contribution in [0.5, 0.6) is 5.75 Å². The van der Waals surface area contributed by atoms with Crippen molar-refractivity contribution >= 4 is 17.6 Å². The van der Waals surface area contributed by atoms with Gasteiger partial charge in [-0.05, 0) is 43.0 Å². The van der Waals surface area contributed by atoms with Gasteiger partial charge >= 0.3 is 6.03 Å². The SMILES string of the molecule is CCCNC(=O)N1CCCC1C(=O)Nc1ccccc1-c1ccc(OC)cc1. The molecule has 0 bridgehead atoms. The molecular formula is C22H27N3O3. The molecule has 148 valence electrons. The molecule has 6 nitrogen and oxygen atoms in total. The summed E-state index contributed by atoms with van der Waals surface area (Å²) in [4.78, 5) is 26.9. The Hall–Kier alpha value is -3.02. The number of hydrogen-bond donors (Lipinski definition) is 2. The summed E-state index contributed by atoms with van der Waals surface area (Å²) in [5, 5.41) is 5.89. The third-order valence-corrected chi connectivity index (χ3v) is 4.93. The fraction of sp³-hybridized carbons (Fsp3) is 0.364. The van der Waals surface area contributed by atoms with Gasteiger partial charge in [0.05, 0.1) is 7.11 Å². The fourth-order valence-corrected chi connectivity index (χ4v) is 3.45. The van der Waals surface area contributed by atoms with E-state index in [-0.39, 0.29) is 11.9 Å². The van der Waals surface area contributed by atoms with Gasteiger partial charge in [-0.1, -0.05) is 37.3 Å². The van der Waals surface area contributed by atoms with Gasteiger partial charge in [0.15, 0.2) is 0 Å².